The first-order chi connectivity index (χ1) is 8.29. The largest absolute Gasteiger partial charge is 0.496 e. The van der Waals surface area contributed by atoms with Crippen LogP contribution in [0, 0.1) is 25.2 Å². The third-order valence-electron chi connectivity index (χ3n) is 4.13. The van der Waals surface area contributed by atoms with Gasteiger partial charge in [-0.3, -0.25) is 0 Å². The van der Waals surface area contributed by atoms with Crippen LogP contribution in [0.15, 0.2) is 10.5 Å². The molecule has 2 rings (SSSR count). The molecule has 1 aromatic carbocycles. The summed E-state index contributed by atoms with van der Waals surface area (Å²) < 4.78 is 6.68. The van der Waals surface area contributed by atoms with E-state index in [1.807, 2.05) is 0 Å². The topological polar surface area (TPSA) is 9.23 Å². The van der Waals surface area contributed by atoms with E-state index in [0.717, 1.165) is 21.3 Å². The number of halogens is 2. The number of rotatable bonds is 3. The summed E-state index contributed by atoms with van der Waals surface area (Å²) in [6.07, 6.45) is 1.19. The van der Waals surface area contributed by atoms with E-state index >= 15 is 0 Å². The van der Waals surface area contributed by atoms with Gasteiger partial charge in [0, 0.05) is 10.0 Å². The second-order valence-corrected chi connectivity index (χ2v) is 7.27. The van der Waals surface area contributed by atoms with Gasteiger partial charge in [-0.05, 0) is 48.8 Å². The molecule has 0 saturated heterocycles. The van der Waals surface area contributed by atoms with E-state index in [-0.39, 0.29) is 5.38 Å². The molecule has 0 bridgehead atoms. The Morgan fingerprint density at radius 3 is 2.44 bits per heavy atom. The monoisotopic (exact) mass is 330 g/mol. The van der Waals surface area contributed by atoms with Crippen molar-refractivity contribution in [3.8, 4) is 5.75 Å². The lowest BCUT2D eigenvalue weighted by Gasteiger charge is -2.21. The molecular weight excluding hydrogens is 312 g/mol. The van der Waals surface area contributed by atoms with Crippen LogP contribution in [0.1, 0.15) is 42.3 Å². The molecule has 100 valence electrons. The summed E-state index contributed by atoms with van der Waals surface area (Å²) in [6, 6.07) is 2.10. The van der Waals surface area contributed by atoms with Crippen molar-refractivity contribution in [2.45, 2.75) is 39.5 Å². The highest BCUT2D eigenvalue weighted by molar-refractivity contribution is 9.10. The minimum absolute atomic E-state index is 0.0335. The summed E-state index contributed by atoms with van der Waals surface area (Å²) in [5.74, 6) is 1.49. The second kappa shape index (κ2) is 4.72. The molecule has 0 aromatic heterocycles. The number of methoxy groups -OCH3 is 1. The number of benzene rings is 1. The number of hydrogen-bond acceptors (Lipinski definition) is 1. The number of hydrogen-bond donors (Lipinski definition) is 0. The van der Waals surface area contributed by atoms with Crippen LogP contribution in [0.5, 0.6) is 5.75 Å². The van der Waals surface area contributed by atoms with Gasteiger partial charge in [-0.15, -0.1) is 11.6 Å². The predicted molar refractivity (Wildman–Crippen MR) is 80.7 cm³/mol. The third-order valence-corrected chi connectivity index (χ3v) is 5.48. The standard InChI is InChI=1S/C15H20BrClO/c1-8-6-11(16)9(2)12(14(8)18-5)13(17)10-7-15(10,3)4/h6,10,13H,7H2,1-5H3. The van der Waals surface area contributed by atoms with Crippen molar-refractivity contribution in [3.05, 3.63) is 27.2 Å². The average molecular weight is 332 g/mol. The molecule has 18 heavy (non-hydrogen) atoms. The lowest BCUT2D eigenvalue weighted by molar-refractivity contribution is 0.402. The highest BCUT2D eigenvalue weighted by Crippen LogP contribution is 2.61. The molecule has 0 radical (unpaired) electrons. The first-order valence-electron chi connectivity index (χ1n) is 6.27. The van der Waals surface area contributed by atoms with Gasteiger partial charge in [0.05, 0.1) is 12.5 Å². The summed E-state index contributed by atoms with van der Waals surface area (Å²) in [7, 11) is 1.72. The van der Waals surface area contributed by atoms with Crippen molar-refractivity contribution >= 4 is 27.5 Å². The normalized spacial score (nSPS) is 22.7. The summed E-state index contributed by atoms with van der Waals surface area (Å²) in [5.41, 5.74) is 3.84. The summed E-state index contributed by atoms with van der Waals surface area (Å²) in [4.78, 5) is 0. The highest BCUT2D eigenvalue weighted by atomic mass is 79.9. The minimum Gasteiger partial charge on any atom is -0.496 e. The van der Waals surface area contributed by atoms with Gasteiger partial charge in [-0.25, -0.2) is 0 Å². The first-order valence-corrected chi connectivity index (χ1v) is 7.50. The molecule has 1 aromatic rings. The van der Waals surface area contributed by atoms with Crippen molar-refractivity contribution in [3.63, 3.8) is 0 Å². The maximum atomic E-state index is 6.72. The van der Waals surface area contributed by atoms with Crippen LogP contribution < -0.4 is 4.74 Å². The quantitative estimate of drug-likeness (QED) is 0.674. The van der Waals surface area contributed by atoms with Crippen molar-refractivity contribution < 1.29 is 4.74 Å². The Bertz CT molecular complexity index is 482. The first kappa shape index (κ1) is 14.2. The zero-order valence-electron chi connectivity index (χ0n) is 11.6. The number of ether oxygens (including phenoxy) is 1. The lowest BCUT2D eigenvalue weighted by Crippen LogP contribution is -2.06. The van der Waals surface area contributed by atoms with Crippen LogP contribution >= 0.6 is 27.5 Å². The Kier molecular flexibility index (Phi) is 3.72. The Hall–Kier alpha value is -0.210. The van der Waals surface area contributed by atoms with E-state index in [0.29, 0.717) is 11.3 Å². The fraction of sp³-hybridized carbons (Fsp3) is 0.600. The van der Waals surface area contributed by atoms with Gasteiger partial charge in [-0.2, -0.15) is 0 Å². The van der Waals surface area contributed by atoms with Crippen molar-refractivity contribution in [2.75, 3.05) is 7.11 Å². The van der Waals surface area contributed by atoms with E-state index in [1.54, 1.807) is 7.11 Å². The summed E-state index contributed by atoms with van der Waals surface area (Å²) >= 11 is 10.3. The van der Waals surface area contributed by atoms with Gasteiger partial charge in [0.15, 0.2) is 0 Å². The molecule has 1 saturated carbocycles. The van der Waals surface area contributed by atoms with Crippen LogP contribution in [-0.2, 0) is 0 Å². The van der Waals surface area contributed by atoms with Crippen molar-refractivity contribution in [1.29, 1.82) is 0 Å². The Balaban J connectivity index is 2.49. The molecule has 0 N–H and O–H groups in total. The van der Waals surface area contributed by atoms with Gasteiger partial charge >= 0.3 is 0 Å². The summed E-state index contributed by atoms with van der Waals surface area (Å²) in [6.45, 7) is 8.72. The van der Waals surface area contributed by atoms with Crippen LogP contribution in [-0.4, -0.2) is 7.11 Å². The van der Waals surface area contributed by atoms with E-state index in [9.17, 15) is 0 Å². The Labute approximate surface area is 123 Å². The smallest absolute Gasteiger partial charge is 0.126 e. The molecule has 1 fully saturated rings. The van der Waals surface area contributed by atoms with Crippen LogP contribution in [0.4, 0.5) is 0 Å². The van der Waals surface area contributed by atoms with Gasteiger partial charge in [0.25, 0.3) is 0 Å². The van der Waals surface area contributed by atoms with E-state index in [4.69, 9.17) is 16.3 Å². The molecule has 2 atom stereocenters. The highest BCUT2D eigenvalue weighted by Gasteiger charge is 2.51. The van der Waals surface area contributed by atoms with Crippen molar-refractivity contribution in [1.82, 2.24) is 0 Å². The number of alkyl halides is 1. The molecule has 3 heteroatoms. The van der Waals surface area contributed by atoms with Crippen molar-refractivity contribution in [2.24, 2.45) is 11.3 Å². The SMILES string of the molecule is COc1c(C)cc(Br)c(C)c1C(Cl)C1CC1(C)C. The van der Waals surface area contributed by atoms with Gasteiger partial charge in [0.1, 0.15) is 5.75 Å². The van der Waals surface area contributed by atoms with Crippen LogP contribution in [0.25, 0.3) is 0 Å². The van der Waals surface area contributed by atoms with E-state index < -0.39 is 0 Å². The zero-order valence-corrected chi connectivity index (χ0v) is 13.9. The maximum Gasteiger partial charge on any atom is 0.126 e. The van der Waals surface area contributed by atoms with E-state index in [2.05, 4.69) is 49.7 Å². The molecule has 1 aliphatic rings. The lowest BCUT2D eigenvalue weighted by atomic mass is 9.95. The van der Waals surface area contributed by atoms with Crippen LogP contribution in [0.2, 0.25) is 0 Å². The van der Waals surface area contributed by atoms with Gasteiger partial charge in [0.2, 0.25) is 0 Å². The summed E-state index contributed by atoms with van der Waals surface area (Å²) in [5, 5.41) is 0.0335. The zero-order chi connectivity index (χ0) is 13.7. The molecule has 0 amide bonds. The maximum absolute atomic E-state index is 6.72. The van der Waals surface area contributed by atoms with Gasteiger partial charge in [-0.1, -0.05) is 29.8 Å². The van der Waals surface area contributed by atoms with Gasteiger partial charge < -0.3 is 4.74 Å². The molecular formula is C15H20BrClO. The molecule has 0 spiro atoms. The molecule has 0 heterocycles. The molecule has 1 nitrogen and oxygen atoms in total. The minimum atomic E-state index is 0.0335. The van der Waals surface area contributed by atoms with E-state index in [1.165, 1.54) is 12.0 Å². The average Bonchev–Trinajstić information content (AvgIpc) is 2.91. The fourth-order valence-corrected chi connectivity index (χ4v) is 3.94. The fourth-order valence-electron chi connectivity index (χ4n) is 2.69. The van der Waals surface area contributed by atoms with Crippen LogP contribution in [0.3, 0.4) is 0 Å². The number of aryl methyl sites for hydroxylation is 1. The molecule has 2 unspecified atom stereocenters. The predicted octanol–water partition coefficient (Wildman–Crippen LogP) is 5.40. The third kappa shape index (κ3) is 2.30. The molecule has 1 aliphatic carbocycles. The Morgan fingerprint density at radius 1 is 1.44 bits per heavy atom. The molecule has 0 aliphatic heterocycles. The Morgan fingerprint density at radius 2 is 2.00 bits per heavy atom. The second-order valence-electron chi connectivity index (χ2n) is 5.95.